The lowest BCUT2D eigenvalue weighted by Gasteiger charge is -2.26. The average Bonchev–Trinajstić information content (AvgIpc) is 3.12. The molecule has 0 unspecified atom stereocenters. The number of aromatic nitrogens is 1. The Hall–Kier alpha value is -3.35. The first-order chi connectivity index (χ1) is 15.7. The lowest BCUT2D eigenvalue weighted by atomic mass is 9.95. The fourth-order valence-electron chi connectivity index (χ4n) is 4.25. The molecule has 2 aromatic carbocycles. The highest BCUT2D eigenvalue weighted by Crippen LogP contribution is 2.43. The van der Waals surface area contributed by atoms with Gasteiger partial charge in [0.05, 0.1) is 13.2 Å². The first kappa shape index (κ1) is 20.5. The largest absolute Gasteiger partial charge is 0.492 e. The van der Waals surface area contributed by atoms with Gasteiger partial charge in [-0.25, -0.2) is 4.39 Å². The topological polar surface area (TPSA) is 51.7 Å². The molecule has 0 spiro atoms. The summed E-state index contributed by atoms with van der Waals surface area (Å²) in [6.07, 6.45) is 3.33. The molecular formula is C26H23FN2O3. The molecule has 5 nitrogen and oxygen atoms in total. The number of pyridine rings is 1. The van der Waals surface area contributed by atoms with Gasteiger partial charge in [0.1, 0.15) is 18.2 Å². The van der Waals surface area contributed by atoms with Crippen LogP contribution in [0.3, 0.4) is 0 Å². The normalized spacial score (nSPS) is 16.3. The third-order valence-corrected chi connectivity index (χ3v) is 5.83. The Kier molecular flexibility index (Phi) is 5.79. The highest BCUT2D eigenvalue weighted by atomic mass is 19.1. The number of hydrogen-bond donors (Lipinski definition) is 0. The molecule has 5 rings (SSSR count). The third kappa shape index (κ3) is 4.07. The zero-order valence-electron chi connectivity index (χ0n) is 17.6. The van der Waals surface area contributed by atoms with Crippen molar-refractivity contribution < 1.29 is 18.7 Å². The van der Waals surface area contributed by atoms with Crippen LogP contribution >= 0.6 is 0 Å². The number of morpholine rings is 1. The molecule has 1 saturated heterocycles. The van der Waals surface area contributed by atoms with Crippen molar-refractivity contribution in [3.63, 3.8) is 0 Å². The molecule has 0 saturated carbocycles. The molecule has 162 valence electrons. The van der Waals surface area contributed by atoms with Gasteiger partial charge in [-0.1, -0.05) is 18.2 Å². The molecule has 1 aliphatic carbocycles. The van der Waals surface area contributed by atoms with Crippen LogP contribution in [0.5, 0.6) is 5.75 Å². The van der Waals surface area contributed by atoms with Crippen LogP contribution in [0.2, 0.25) is 0 Å². The Morgan fingerprint density at radius 1 is 0.969 bits per heavy atom. The molecule has 0 amide bonds. The molecule has 2 aliphatic rings. The second-order valence-corrected chi connectivity index (χ2v) is 7.84. The number of fused-ring (bicyclic) bond motifs is 1. The molecule has 32 heavy (non-hydrogen) atoms. The second kappa shape index (κ2) is 9.02. The van der Waals surface area contributed by atoms with E-state index < -0.39 is 0 Å². The summed E-state index contributed by atoms with van der Waals surface area (Å²) < 4.78 is 25.4. The number of allylic oxidation sites excluding steroid dienone is 1. The first-order valence-corrected chi connectivity index (χ1v) is 10.7. The minimum atomic E-state index is -0.343. The Labute approximate surface area is 186 Å². The highest BCUT2D eigenvalue weighted by molar-refractivity contribution is 6.41. The van der Waals surface area contributed by atoms with Gasteiger partial charge in [-0.3, -0.25) is 14.7 Å². The molecule has 2 heterocycles. The van der Waals surface area contributed by atoms with Crippen molar-refractivity contribution in [2.75, 3.05) is 39.5 Å². The minimum Gasteiger partial charge on any atom is -0.492 e. The number of benzene rings is 2. The van der Waals surface area contributed by atoms with Crippen LogP contribution in [0.15, 0.2) is 67.0 Å². The van der Waals surface area contributed by atoms with Crippen LogP contribution in [0, 0.1) is 5.82 Å². The van der Waals surface area contributed by atoms with Gasteiger partial charge in [-0.15, -0.1) is 0 Å². The summed E-state index contributed by atoms with van der Waals surface area (Å²) in [4.78, 5) is 20.0. The molecule has 0 atom stereocenters. The van der Waals surface area contributed by atoms with Crippen LogP contribution in [0.4, 0.5) is 4.39 Å². The van der Waals surface area contributed by atoms with Crippen molar-refractivity contribution in [1.29, 1.82) is 0 Å². The Morgan fingerprint density at radius 2 is 1.81 bits per heavy atom. The zero-order chi connectivity index (χ0) is 21.9. The van der Waals surface area contributed by atoms with Crippen molar-refractivity contribution in [3.8, 4) is 5.75 Å². The molecular weight excluding hydrogens is 407 g/mol. The summed E-state index contributed by atoms with van der Waals surface area (Å²) in [5, 5.41) is 0. The molecule has 6 heteroatoms. The van der Waals surface area contributed by atoms with Crippen LogP contribution in [-0.4, -0.2) is 55.1 Å². The van der Waals surface area contributed by atoms with Gasteiger partial charge in [-0.2, -0.15) is 0 Å². The predicted octanol–water partition coefficient (Wildman–Crippen LogP) is 4.09. The lowest BCUT2D eigenvalue weighted by molar-refractivity contribution is 0.0322. The van der Waals surface area contributed by atoms with E-state index in [0.717, 1.165) is 44.0 Å². The number of carbonyl (C=O) groups is 1. The van der Waals surface area contributed by atoms with Crippen LogP contribution in [0.25, 0.3) is 11.1 Å². The standard InChI is InChI=1S/C26H23FN2O3/c27-20-5-1-3-18(15-20)24-22-7-6-21(32-14-11-29-9-12-31-13-10-29)16-23(22)26(30)25(24)19-4-2-8-28-17-19/h1-8,15-17H,9-14H2. The molecule has 0 bridgehead atoms. The maximum absolute atomic E-state index is 14.0. The van der Waals surface area contributed by atoms with Crippen molar-refractivity contribution in [3.05, 3.63) is 95.1 Å². The second-order valence-electron chi connectivity index (χ2n) is 7.84. The Balaban J connectivity index is 1.46. The fraction of sp³-hybridized carbons (Fsp3) is 0.231. The fourth-order valence-corrected chi connectivity index (χ4v) is 4.25. The van der Waals surface area contributed by atoms with E-state index in [9.17, 15) is 9.18 Å². The van der Waals surface area contributed by atoms with E-state index >= 15 is 0 Å². The van der Waals surface area contributed by atoms with E-state index in [2.05, 4.69) is 9.88 Å². The number of hydrogen-bond acceptors (Lipinski definition) is 5. The van der Waals surface area contributed by atoms with Crippen LogP contribution in [0.1, 0.15) is 27.0 Å². The maximum Gasteiger partial charge on any atom is 0.195 e. The van der Waals surface area contributed by atoms with Crippen LogP contribution < -0.4 is 4.74 Å². The summed E-state index contributed by atoms with van der Waals surface area (Å²) in [6, 6.07) is 15.5. The van der Waals surface area contributed by atoms with Gasteiger partial charge in [0.15, 0.2) is 5.78 Å². The van der Waals surface area contributed by atoms with E-state index in [1.807, 2.05) is 24.3 Å². The number of rotatable bonds is 6. The van der Waals surface area contributed by atoms with Gasteiger partial charge in [0.25, 0.3) is 0 Å². The van der Waals surface area contributed by atoms with E-state index in [0.29, 0.717) is 34.6 Å². The summed E-state index contributed by atoms with van der Waals surface area (Å²) in [5.41, 5.74) is 3.97. The summed E-state index contributed by atoms with van der Waals surface area (Å²) >= 11 is 0. The monoisotopic (exact) mass is 430 g/mol. The van der Waals surface area contributed by atoms with E-state index in [4.69, 9.17) is 9.47 Å². The SMILES string of the molecule is O=C1C(c2cccnc2)=C(c2cccc(F)c2)c2ccc(OCCN3CCOCC3)cc21. The Bertz CT molecular complexity index is 1170. The summed E-state index contributed by atoms with van der Waals surface area (Å²) in [5.74, 6) is 0.201. The van der Waals surface area contributed by atoms with Gasteiger partial charge in [0.2, 0.25) is 0 Å². The van der Waals surface area contributed by atoms with Crippen molar-refractivity contribution in [2.45, 2.75) is 0 Å². The van der Waals surface area contributed by atoms with Gasteiger partial charge >= 0.3 is 0 Å². The van der Waals surface area contributed by atoms with Gasteiger partial charge < -0.3 is 9.47 Å². The number of ketones is 1. The molecule has 1 fully saturated rings. The molecule has 0 radical (unpaired) electrons. The zero-order valence-corrected chi connectivity index (χ0v) is 17.6. The number of carbonyl (C=O) groups excluding carboxylic acids is 1. The lowest BCUT2D eigenvalue weighted by Crippen LogP contribution is -2.38. The Morgan fingerprint density at radius 3 is 2.59 bits per heavy atom. The van der Waals surface area contributed by atoms with Crippen molar-refractivity contribution >= 4 is 16.9 Å². The van der Waals surface area contributed by atoms with Gasteiger partial charge in [0, 0.05) is 54.3 Å². The van der Waals surface area contributed by atoms with Crippen molar-refractivity contribution in [2.24, 2.45) is 0 Å². The van der Waals surface area contributed by atoms with E-state index in [1.54, 1.807) is 30.6 Å². The molecule has 3 aromatic rings. The van der Waals surface area contributed by atoms with Gasteiger partial charge in [-0.05, 0) is 47.5 Å². The maximum atomic E-state index is 14.0. The number of ether oxygens (including phenoxy) is 2. The van der Waals surface area contributed by atoms with E-state index in [-0.39, 0.29) is 11.6 Å². The summed E-state index contributed by atoms with van der Waals surface area (Å²) in [6.45, 7) is 4.65. The van der Waals surface area contributed by atoms with Crippen LogP contribution in [-0.2, 0) is 4.74 Å². The highest BCUT2D eigenvalue weighted by Gasteiger charge is 2.32. The minimum absolute atomic E-state index is 0.106. The predicted molar refractivity (Wildman–Crippen MR) is 120 cm³/mol. The van der Waals surface area contributed by atoms with E-state index in [1.165, 1.54) is 12.1 Å². The average molecular weight is 430 g/mol. The summed E-state index contributed by atoms with van der Waals surface area (Å²) in [7, 11) is 0. The quantitative estimate of drug-likeness (QED) is 0.590. The molecule has 1 aromatic heterocycles. The number of halogens is 1. The number of nitrogens with zero attached hydrogens (tertiary/aromatic N) is 2. The molecule has 1 aliphatic heterocycles. The third-order valence-electron chi connectivity index (χ3n) is 5.83. The first-order valence-electron chi connectivity index (χ1n) is 10.7. The van der Waals surface area contributed by atoms with Crippen molar-refractivity contribution in [1.82, 2.24) is 9.88 Å². The smallest absolute Gasteiger partial charge is 0.195 e. The number of Topliss-reactive ketones (excluding diaryl/α,β-unsaturated/α-hetero) is 1. The molecule has 0 N–H and O–H groups in total.